The third kappa shape index (κ3) is 5.18. The molecule has 8 heteroatoms. The summed E-state index contributed by atoms with van der Waals surface area (Å²) in [6.07, 6.45) is -1.28. The Morgan fingerprint density at radius 2 is 1.96 bits per heavy atom. The molecule has 1 unspecified atom stereocenters. The van der Waals surface area contributed by atoms with E-state index in [0.29, 0.717) is 16.1 Å². The first-order chi connectivity index (χ1) is 12.4. The van der Waals surface area contributed by atoms with Gasteiger partial charge >= 0.3 is 12.1 Å². The molecule has 0 aliphatic heterocycles. The van der Waals surface area contributed by atoms with Crippen molar-refractivity contribution in [1.82, 2.24) is 5.32 Å². The highest BCUT2D eigenvalue weighted by molar-refractivity contribution is 6.30. The number of ether oxygens (including phenoxy) is 2. The van der Waals surface area contributed by atoms with Crippen LogP contribution >= 0.6 is 11.6 Å². The minimum atomic E-state index is -1.37. The van der Waals surface area contributed by atoms with Crippen LogP contribution in [0.15, 0.2) is 42.5 Å². The van der Waals surface area contributed by atoms with E-state index in [9.17, 15) is 14.0 Å². The Morgan fingerprint density at radius 3 is 2.62 bits per heavy atom. The van der Waals surface area contributed by atoms with Crippen molar-refractivity contribution in [2.24, 2.45) is 0 Å². The number of nitrogens with one attached hydrogen (secondary N) is 1. The second kappa shape index (κ2) is 9.17. The number of carbonyl (C=O) groups is 2. The van der Waals surface area contributed by atoms with Gasteiger partial charge in [0.05, 0.1) is 19.3 Å². The summed E-state index contributed by atoms with van der Waals surface area (Å²) in [5.74, 6) is -2.21. The highest BCUT2D eigenvalue weighted by atomic mass is 35.5. The molecule has 0 heterocycles. The minimum Gasteiger partial charge on any atom is -0.478 e. The zero-order valence-electron chi connectivity index (χ0n) is 13.9. The Bertz CT molecular complexity index is 799. The monoisotopic (exact) mass is 381 g/mol. The zero-order chi connectivity index (χ0) is 19.1. The van der Waals surface area contributed by atoms with Crippen LogP contribution in [0.3, 0.4) is 0 Å². The van der Waals surface area contributed by atoms with E-state index in [0.717, 1.165) is 6.07 Å². The van der Waals surface area contributed by atoms with E-state index >= 15 is 0 Å². The molecule has 0 aliphatic carbocycles. The van der Waals surface area contributed by atoms with E-state index in [1.807, 2.05) is 0 Å². The highest BCUT2D eigenvalue weighted by Crippen LogP contribution is 2.29. The lowest BCUT2D eigenvalue weighted by atomic mass is 9.99. The molecule has 1 atom stereocenters. The van der Waals surface area contributed by atoms with E-state index in [-0.39, 0.29) is 13.2 Å². The Kier molecular flexibility index (Phi) is 6.94. The van der Waals surface area contributed by atoms with Crippen LogP contribution in [-0.4, -0.2) is 37.4 Å². The third-order valence-electron chi connectivity index (χ3n) is 3.52. The maximum absolute atomic E-state index is 13.7. The van der Waals surface area contributed by atoms with Crippen molar-refractivity contribution in [1.29, 1.82) is 0 Å². The van der Waals surface area contributed by atoms with Crippen molar-refractivity contribution in [3.05, 3.63) is 70.0 Å². The molecule has 2 aromatic rings. The van der Waals surface area contributed by atoms with Gasteiger partial charge in [0.2, 0.25) is 0 Å². The van der Waals surface area contributed by atoms with Gasteiger partial charge in [-0.25, -0.2) is 14.0 Å². The molecule has 0 radical (unpaired) electrons. The summed E-state index contributed by atoms with van der Waals surface area (Å²) >= 11 is 6.02. The van der Waals surface area contributed by atoms with Crippen molar-refractivity contribution in [2.75, 3.05) is 20.3 Å². The second-order valence-corrected chi connectivity index (χ2v) is 5.71. The smallest absolute Gasteiger partial charge is 0.406 e. The maximum Gasteiger partial charge on any atom is 0.406 e. The molecular formula is C18H17ClFNO5. The third-order valence-corrected chi connectivity index (χ3v) is 3.75. The Morgan fingerprint density at radius 1 is 1.23 bits per heavy atom. The van der Waals surface area contributed by atoms with Crippen molar-refractivity contribution in [3.63, 3.8) is 0 Å². The fraction of sp³-hybridized carbons (Fsp3) is 0.222. The van der Waals surface area contributed by atoms with Crippen LogP contribution in [-0.2, 0) is 9.47 Å². The number of alkyl carbamates (subject to hydrolysis) is 1. The van der Waals surface area contributed by atoms with Gasteiger partial charge in [-0.2, -0.15) is 0 Å². The molecule has 0 fully saturated rings. The normalized spacial score (nSPS) is 11.7. The summed E-state index contributed by atoms with van der Waals surface area (Å²) in [4.78, 5) is 22.3. The van der Waals surface area contributed by atoms with Crippen molar-refractivity contribution in [3.8, 4) is 0 Å². The van der Waals surface area contributed by atoms with Gasteiger partial charge in [0, 0.05) is 11.6 Å². The predicted octanol–water partition coefficient (Wildman–Crippen LogP) is 3.64. The minimum absolute atomic E-state index is 0.117. The average molecular weight is 382 g/mol. The van der Waals surface area contributed by atoms with Gasteiger partial charge in [-0.1, -0.05) is 29.8 Å². The van der Waals surface area contributed by atoms with Gasteiger partial charge < -0.3 is 19.9 Å². The van der Waals surface area contributed by atoms with Crippen LogP contribution in [0.25, 0.3) is 0 Å². The number of benzene rings is 2. The van der Waals surface area contributed by atoms with Crippen LogP contribution < -0.4 is 5.32 Å². The molecule has 26 heavy (non-hydrogen) atoms. The van der Waals surface area contributed by atoms with Crippen LogP contribution in [0.1, 0.15) is 27.6 Å². The first-order valence-corrected chi connectivity index (χ1v) is 8.01. The van der Waals surface area contributed by atoms with Gasteiger partial charge in [-0.15, -0.1) is 0 Å². The molecule has 6 nitrogen and oxygen atoms in total. The summed E-state index contributed by atoms with van der Waals surface area (Å²) in [6, 6.07) is 10.6. The summed E-state index contributed by atoms with van der Waals surface area (Å²) in [6.45, 7) is 0.294. The fourth-order valence-corrected chi connectivity index (χ4v) is 2.53. The summed E-state index contributed by atoms with van der Waals surface area (Å²) in [5, 5.41) is 12.1. The molecule has 0 bridgehead atoms. The van der Waals surface area contributed by atoms with Crippen molar-refractivity contribution in [2.45, 2.75) is 6.10 Å². The first-order valence-electron chi connectivity index (χ1n) is 7.64. The standard InChI is InChI=1S/C18H17ClFNO5/c1-25-18(24)21-7-8-26-16(11-3-2-4-13(19)9-11)12-5-6-15(20)14(10-12)17(22)23/h2-6,9-10,16H,7-8H2,1H3,(H,21,24)(H,22,23). The lowest BCUT2D eigenvalue weighted by Gasteiger charge is -2.20. The molecule has 0 aromatic heterocycles. The second-order valence-electron chi connectivity index (χ2n) is 5.27. The molecule has 0 saturated carbocycles. The van der Waals surface area contributed by atoms with E-state index in [4.69, 9.17) is 21.4 Å². The number of hydrogen-bond donors (Lipinski definition) is 2. The van der Waals surface area contributed by atoms with Crippen LogP contribution in [0.2, 0.25) is 5.02 Å². The molecule has 0 spiro atoms. The summed E-state index contributed by atoms with van der Waals surface area (Å²) < 4.78 is 23.9. The van der Waals surface area contributed by atoms with E-state index in [2.05, 4.69) is 10.1 Å². The Hall–Kier alpha value is -2.64. The number of methoxy groups -OCH3 is 1. The van der Waals surface area contributed by atoms with E-state index in [1.54, 1.807) is 24.3 Å². The topological polar surface area (TPSA) is 84.9 Å². The summed E-state index contributed by atoms with van der Waals surface area (Å²) in [5.41, 5.74) is 0.661. The van der Waals surface area contributed by atoms with Gasteiger partial charge in [-0.05, 0) is 35.4 Å². The van der Waals surface area contributed by atoms with Gasteiger partial charge in [0.15, 0.2) is 0 Å². The highest BCUT2D eigenvalue weighted by Gasteiger charge is 2.19. The maximum atomic E-state index is 13.7. The molecule has 138 valence electrons. The number of aromatic carboxylic acids is 1. The molecule has 2 N–H and O–H groups in total. The number of carbonyl (C=O) groups excluding carboxylic acids is 1. The van der Waals surface area contributed by atoms with Gasteiger partial charge in [0.25, 0.3) is 0 Å². The number of rotatable bonds is 7. The molecule has 0 saturated heterocycles. The molecule has 2 rings (SSSR count). The van der Waals surface area contributed by atoms with Crippen LogP contribution in [0.4, 0.5) is 9.18 Å². The lowest BCUT2D eigenvalue weighted by Crippen LogP contribution is -2.27. The first kappa shape index (κ1) is 19.7. The summed E-state index contributed by atoms with van der Waals surface area (Å²) in [7, 11) is 1.25. The van der Waals surface area contributed by atoms with Crippen LogP contribution in [0.5, 0.6) is 0 Å². The fourth-order valence-electron chi connectivity index (χ4n) is 2.33. The number of carboxylic acids is 1. The number of hydrogen-bond acceptors (Lipinski definition) is 4. The molecule has 1 amide bonds. The Balaban J connectivity index is 2.27. The SMILES string of the molecule is COC(=O)NCCOC(c1cccc(Cl)c1)c1ccc(F)c(C(=O)O)c1. The zero-order valence-corrected chi connectivity index (χ0v) is 14.6. The largest absolute Gasteiger partial charge is 0.478 e. The predicted molar refractivity (Wildman–Crippen MR) is 93.0 cm³/mol. The van der Waals surface area contributed by atoms with E-state index in [1.165, 1.54) is 19.2 Å². The molecule has 0 aliphatic rings. The number of amides is 1. The Labute approximate surface area is 154 Å². The molecule has 2 aromatic carbocycles. The van der Waals surface area contributed by atoms with E-state index < -0.39 is 29.5 Å². The van der Waals surface area contributed by atoms with Crippen LogP contribution in [0, 0.1) is 5.82 Å². The van der Waals surface area contributed by atoms with Crippen molar-refractivity contribution >= 4 is 23.7 Å². The quantitative estimate of drug-likeness (QED) is 0.715. The number of carboxylic acid groups (broad SMARTS) is 1. The average Bonchev–Trinajstić information content (AvgIpc) is 2.62. The van der Waals surface area contributed by atoms with Gasteiger partial charge in [-0.3, -0.25) is 0 Å². The van der Waals surface area contributed by atoms with Crippen molar-refractivity contribution < 1.29 is 28.6 Å². The lowest BCUT2D eigenvalue weighted by molar-refractivity contribution is 0.0688. The molecular weight excluding hydrogens is 365 g/mol. The number of halogens is 2. The van der Waals surface area contributed by atoms with Gasteiger partial charge in [0.1, 0.15) is 11.9 Å².